The number of methoxy groups -OCH3 is 1. The average Bonchev–Trinajstić information content (AvgIpc) is 2.53. The van der Waals surface area contributed by atoms with Gasteiger partial charge < -0.3 is 14.8 Å². The van der Waals surface area contributed by atoms with Crippen LogP contribution in [0.15, 0.2) is 48.7 Å². The Morgan fingerprint density at radius 2 is 1.85 bits per heavy atom. The van der Waals surface area contributed by atoms with E-state index in [0.29, 0.717) is 6.61 Å². The van der Waals surface area contributed by atoms with E-state index in [1.54, 1.807) is 13.3 Å². The van der Waals surface area contributed by atoms with Gasteiger partial charge in [-0.1, -0.05) is 6.07 Å². The molecule has 0 aliphatic heterocycles. The van der Waals surface area contributed by atoms with Crippen LogP contribution in [0, 0.1) is 0 Å². The quantitative estimate of drug-likeness (QED) is 0.787. The number of ether oxygens (including phenoxy) is 2. The summed E-state index contributed by atoms with van der Waals surface area (Å²) in [6, 6.07) is 13.7. The highest BCUT2D eigenvalue weighted by molar-refractivity contribution is 5.31. The molecule has 4 nitrogen and oxygen atoms in total. The summed E-state index contributed by atoms with van der Waals surface area (Å²) in [6.07, 6.45) is 1.81. The van der Waals surface area contributed by atoms with Crippen molar-refractivity contribution in [3.63, 3.8) is 0 Å². The van der Waals surface area contributed by atoms with E-state index in [9.17, 15) is 0 Å². The fourth-order valence-electron chi connectivity index (χ4n) is 1.85. The number of rotatable bonds is 7. The first-order chi connectivity index (χ1) is 9.79. The first kappa shape index (κ1) is 14.3. The molecule has 20 heavy (non-hydrogen) atoms. The molecule has 1 atom stereocenters. The standard InChI is InChI=1S/C16H20N2O2/c1-13(16-5-3-4-10-18-16)17-11-12-20-15-8-6-14(19-2)7-9-15/h3-10,13,17H,11-12H2,1-2H3/t13-/m1/s1. The van der Waals surface area contributed by atoms with Crippen LogP contribution in [0.2, 0.25) is 0 Å². The summed E-state index contributed by atoms with van der Waals surface area (Å²) < 4.78 is 10.8. The van der Waals surface area contributed by atoms with E-state index >= 15 is 0 Å². The molecule has 0 aliphatic rings. The molecule has 0 bridgehead atoms. The summed E-state index contributed by atoms with van der Waals surface area (Å²) >= 11 is 0. The van der Waals surface area contributed by atoms with Crippen LogP contribution in [-0.2, 0) is 0 Å². The van der Waals surface area contributed by atoms with E-state index in [1.165, 1.54) is 0 Å². The minimum Gasteiger partial charge on any atom is -0.497 e. The molecule has 0 amide bonds. The lowest BCUT2D eigenvalue weighted by Crippen LogP contribution is -2.24. The third-order valence-corrected chi connectivity index (χ3v) is 3.01. The van der Waals surface area contributed by atoms with Crippen molar-refractivity contribution in [2.24, 2.45) is 0 Å². The second-order valence-electron chi connectivity index (χ2n) is 4.45. The van der Waals surface area contributed by atoms with Gasteiger partial charge in [0.1, 0.15) is 18.1 Å². The van der Waals surface area contributed by atoms with Gasteiger partial charge >= 0.3 is 0 Å². The Kier molecular flexibility index (Phi) is 5.38. The van der Waals surface area contributed by atoms with Crippen molar-refractivity contribution in [1.82, 2.24) is 10.3 Å². The highest BCUT2D eigenvalue weighted by Gasteiger charge is 2.04. The molecule has 1 heterocycles. The molecule has 106 valence electrons. The Labute approximate surface area is 119 Å². The summed E-state index contributed by atoms with van der Waals surface area (Å²) in [5.74, 6) is 1.68. The number of benzene rings is 1. The van der Waals surface area contributed by atoms with Crippen LogP contribution in [0.25, 0.3) is 0 Å². The molecular formula is C16H20N2O2. The van der Waals surface area contributed by atoms with Crippen molar-refractivity contribution >= 4 is 0 Å². The number of hydrogen-bond acceptors (Lipinski definition) is 4. The van der Waals surface area contributed by atoms with E-state index in [0.717, 1.165) is 23.7 Å². The van der Waals surface area contributed by atoms with E-state index in [1.807, 2.05) is 42.5 Å². The van der Waals surface area contributed by atoms with Crippen LogP contribution in [-0.4, -0.2) is 25.2 Å². The predicted molar refractivity (Wildman–Crippen MR) is 79.1 cm³/mol. The molecule has 0 spiro atoms. The van der Waals surface area contributed by atoms with Gasteiger partial charge in [0.05, 0.1) is 12.8 Å². The molecule has 0 fully saturated rings. The van der Waals surface area contributed by atoms with Crippen molar-refractivity contribution in [1.29, 1.82) is 0 Å². The highest BCUT2D eigenvalue weighted by Crippen LogP contribution is 2.16. The lowest BCUT2D eigenvalue weighted by molar-refractivity contribution is 0.306. The summed E-state index contributed by atoms with van der Waals surface area (Å²) in [4.78, 5) is 4.32. The maximum atomic E-state index is 5.65. The van der Waals surface area contributed by atoms with Gasteiger partial charge in [-0.15, -0.1) is 0 Å². The molecule has 0 saturated carbocycles. The van der Waals surface area contributed by atoms with Gasteiger partial charge in [0.2, 0.25) is 0 Å². The number of pyridine rings is 1. The molecule has 1 aromatic carbocycles. The lowest BCUT2D eigenvalue weighted by Gasteiger charge is -2.13. The number of nitrogens with zero attached hydrogens (tertiary/aromatic N) is 1. The fraction of sp³-hybridized carbons (Fsp3) is 0.312. The lowest BCUT2D eigenvalue weighted by atomic mass is 10.2. The van der Waals surface area contributed by atoms with Gasteiger partial charge in [-0.05, 0) is 43.3 Å². The molecule has 0 unspecified atom stereocenters. The van der Waals surface area contributed by atoms with Gasteiger partial charge in [0.25, 0.3) is 0 Å². The molecule has 4 heteroatoms. The number of aromatic nitrogens is 1. The summed E-state index contributed by atoms with van der Waals surface area (Å²) in [7, 11) is 1.65. The highest BCUT2D eigenvalue weighted by atomic mass is 16.5. The van der Waals surface area contributed by atoms with Crippen molar-refractivity contribution in [3.05, 3.63) is 54.4 Å². The van der Waals surface area contributed by atoms with Gasteiger partial charge in [-0.3, -0.25) is 4.98 Å². The molecule has 1 N–H and O–H groups in total. The van der Waals surface area contributed by atoms with Crippen LogP contribution in [0.1, 0.15) is 18.7 Å². The Bertz CT molecular complexity index is 500. The first-order valence-electron chi connectivity index (χ1n) is 6.71. The first-order valence-corrected chi connectivity index (χ1v) is 6.71. The van der Waals surface area contributed by atoms with Crippen LogP contribution in [0.4, 0.5) is 0 Å². The monoisotopic (exact) mass is 272 g/mol. The van der Waals surface area contributed by atoms with Crippen molar-refractivity contribution in [3.8, 4) is 11.5 Å². The third kappa shape index (κ3) is 4.24. The topological polar surface area (TPSA) is 43.4 Å². The molecule has 0 saturated heterocycles. The zero-order valence-electron chi connectivity index (χ0n) is 11.9. The molecule has 2 aromatic rings. The maximum absolute atomic E-state index is 5.65. The van der Waals surface area contributed by atoms with Crippen LogP contribution >= 0.6 is 0 Å². The number of nitrogens with one attached hydrogen (secondary N) is 1. The summed E-state index contributed by atoms with van der Waals surface area (Å²) in [6.45, 7) is 3.48. The van der Waals surface area contributed by atoms with E-state index in [-0.39, 0.29) is 6.04 Å². The second-order valence-corrected chi connectivity index (χ2v) is 4.45. The normalized spacial score (nSPS) is 11.9. The van der Waals surface area contributed by atoms with Crippen LogP contribution < -0.4 is 14.8 Å². The average molecular weight is 272 g/mol. The molecule has 0 aliphatic carbocycles. The minimum absolute atomic E-state index is 0.218. The Morgan fingerprint density at radius 3 is 2.50 bits per heavy atom. The Hall–Kier alpha value is -2.07. The van der Waals surface area contributed by atoms with Crippen molar-refractivity contribution in [2.75, 3.05) is 20.3 Å². The number of hydrogen-bond donors (Lipinski definition) is 1. The fourth-order valence-corrected chi connectivity index (χ4v) is 1.85. The van der Waals surface area contributed by atoms with Crippen molar-refractivity contribution < 1.29 is 9.47 Å². The van der Waals surface area contributed by atoms with E-state index < -0.39 is 0 Å². The van der Waals surface area contributed by atoms with E-state index in [2.05, 4.69) is 17.2 Å². The zero-order valence-corrected chi connectivity index (χ0v) is 11.9. The van der Waals surface area contributed by atoms with Gasteiger partial charge in [0, 0.05) is 18.8 Å². The molecule has 0 radical (unpaired) electrons. The van der Waals surface area contributed by atoms with Crippen LogP contribution in [0.5, 0.6) is 11.5 Å². The molecule has 2 rings (SSSR count). The summed E-state index contributed by atoms with van der Waals surface area (Å²) in [5, 5.41) is 3.38. The summed E-state index contributed by atoms with van der Waals surface area (Å²) in [5.41, 5.74) is 1.04. The Morgan fingerprint density at radius 1 is 1.10 bits per heavy atom. The smallest absolute Gasteiger partial charge is 0.119 e. The largest absolute Gasteiger partial charge is 0.497 e. The Balaban J connectivity index is 1.70. The zero-order chi connectivity index (χ0) is 14.2. The van der Waals surface area contributed by atoms with Gasteiger partial charge in [0.15, 0.2) is 0 Å². The third-order valence-electron chi connectivity index (χ3n) is 3.01. The van der Waals surface area contributed by atoms with Gasteiger partial charge in [-0.25, -0.2) is 0 Å². The van der Waals surface area contributed by atoms with E-state index in [4.69, 9.17) is 9.47 Å². The second kappa shape index (κ2) is 7.50. The molecular weight excluding hydrogens is 252 g/mol. The van der Waals surface area contributed by atoms with Crippen LogP contribution in [0.3, 0.4) is 0 Å². The molecule has 1 aromatic heterocycles. The maximum Gasteiger partial charge on any atom is 0.119 e. The van der Waals surface area contributed by atoms with Crippen molar-refractivity contribution in [2.45, 2.75) is 13.0 Å². The van der Waals surface area contributed by atoms with Gasteiger partial charge in [-0.2, -0.15) is 0 Å². The minimum atomic E-state index is 0.218. The predicted octanol–water partition coefficient (Wildman–Crippen LogP) is 2.82. The SMILES string of the molecule is COc1ccc(OCCN[C@H](C)c2ccccn2)cc1.